The van der Waals surface area contributed by atoms with Gasteiger partial charge < -0.3 is 20.5 Å². The average Bonchev–Trinajstić information content (AvgIpc) is 2.65. The van der Waals surface area contributed by atoms with Crippen LogP contribution in [0.15, 0.2) is 18.2 Å². The van der Waals surface area contributed by atoms with Gasteiger partial charge in [0.15, 0.2) is 0 Å². The second-order valence-electron chi connectivity index (χ2n) is 5.28. The fourth-order valence-electron chi connectivity index (χ4n) is 1.87. The number of fused-ring (bicyclic) bond motifs is 1. The molecule has 1 heterocycles. The zero-order valence-corrected chi connectivity index (χ0v) is 11.5. The fourth-order valence-corrected chi connectivity index (χ4v) is 1.87. The van der Waals surface area contributed by atoms with E-state index in [9.17, 15) is 4.79 Å². The topological polar surface area (TPSA) is 73.6 Å². The van der Waals surface area contributed by atoms with E-state index in [1.54, 1.807) is 13.2 Å². The number of benzene rings is 1. The van der Waals surface area contributed by atoms with Gasteiger partial charge in [-0.05, 0) is 19.9 Å². The molecule has 0 radical (unpaired) electrons. The molecule has 0 spiro atoms. The molecule has 1 unspecified atom stereocenters. The van der Waals surface area contributed by atoms with Crippen LogP contribution >= 0.6 is 0 Å². The van der Waals surface area contributed by atoms with Crippen LogP contribution in [0.3, 0.4) is 0 Å². The third-order valence-corrected chi connectivity index (χ3v) is 3.43. The summed E-state index contributed by atoms with van der Waals surface area (Å²) >= 11 is 0. The van der Waals surface area contributed by atoms with Crippen LogP contribution in [0.1, 0.15) is 31.9 Å². The van der Waals surface area contributed by atoms with Crippen LogP contribution < -0.4 is 15.8 Å². The molecule has 0 saturated heterocycles. The highest BCUT2D eigenvalue weighted by atomic mass is 16.5. The molecule has 1 aliphatic heterocycles. The molecule has 0 fully saturated rings. The van der Waals surface area contributed by atoms with E-state index in [1.807, 2.05) is 26.0 Å². The highest BCUT2D eigenvalue weighted by Gasteiger charge is 2.27. The van der Waals surface area contributed by atoms with Crippen molar-refractivity contribution in [1.29, 1.82) is 0 Å². The highest BCUT2D eigenvalue weighted by molar-refractivity contribution is 6.02. The molecule has 1 atom stereocenters. The first kappa shape index (κ1) is 13.8. The van der Waals surface area contributed by atoms with Crippen molar-refractivity contribution in [3.05, 3.63) is 23.8 Å². The van der Waals surface area contributed by atoms with Crippen molar-refractivity contribution < 1.29 is 14.3 Å². The molecule has 0 aliphatic carbocycles. The van der Waals surface area contributed by atoms with Crippen LogP contribution in [-0.2, 0) is 9.53 Å². The van der Waals surface area contributed by atoms with Gasteiger partial charge in [-0.25, -0.2) is 0 Å². The molecule has 1 amide bonds. The third-order valence-electron chi connectivity index (χ3n) is 3.43. The lowest BCUT2D eigenvalue weighted by Gasteiger charge is -2.22. The lowest BCUT2D eigenvalue weighted by molar-refractivity contribution is -0.116. The standard InChI is InChI=1S/C14H20N2O3/c1-14(2,18-3)6-7-19-9-4-5-10-11(8-9)16-13(17)12(10)15/h4-5,8,12H,6-7,15H2,1-3H3,(H,16,17). The van der Waals surface area contributed by atoms with Crippen molar-refractivity contribution in [3.8, 4) is 5.75 Å². The van der Waals surface area contributed by atoms with Gasteiger partial charge in [-0.15, -0.1) is 0 Å². The second-order valence-corrected chi connectivity index (χ2v) is 5.28. The molecule has 5 heteroatoms. The van der Waals surface area contributed by atoms with Crippen LogP contribution in [-0.4, -0.2) is 25.2 Å². The van der Waals surface area contributed by atoms with Crippen molar-refractivity contribution in [2.45, 2.75) is 31.9 Å². The number of rotatable bonds is 5. The fraction of sp³-hybridized carbons (Fsp3) is 0.500. The zero-order valence-electron chi connectivity index (χ0n) is 11.5. The Labute approximate surface area is 113 Å². The Morgan fingerprint density at radius 1 is 1.42 bits per heavy atom. The van der Waals surface area contributed by atoms with E-state index in [0.717, 1.165) is 23.4 Å². The van der Waals surface area contributed by atoms with Crippen molar-refractivity contribution >= 4 is 11.6 Å². The van der Waals surface area contributed by atoms with Crippen LogP contribution in [0.5, 0.6) is 5.75 Å². The molecule has 104 valence electrons. The number of anilines is 1. The average molecular weight is 264 g/mol. The molecule has 0 bridgehead atoms. The van der Waals surface area contributed by atoms with Gasteiger partial charge in [-0.1, -0.05) is 6.07 Å². The summed E-state index contributed by atoms with van der Waals surface area (Å²) in [7, 11) is 1.69. The van der Waals surface area contributed by atoms with Gasteiger partial charge >= 0.3 is 0 Å². The molecular weight excluding hydrogens is 244 g/mol. The van der Waals surface area contributed by atoms with Gasteiger partial charge in [0.25, 0.3) is 0 Å². The summed E-state index contributed by atoms with van der Waals surface area (Å²) in [5.41, 5.74) is 7.10. The van der Waals surface area contributed by atoms with Crippen molar-refractivity contribution in [3.63, 3.8) is 0 Å². The quantitative estimate of drug-likeness (QED) is 0.851. The summed E-state index contributed by atoms with van der Waals surface area (Å²) in [5, 5.41) is 2.74. The van der Waals surface area contributed by atoms with E-state index in [1.165, 1.54) is 0 Å². The number of carbonyl (C=O) groups excluding carboxylic acids is 1. The Morgan fingerprint density at radius 3 is 2.84 bits per heavy atom. The molecule has 1 aromatic carbocycles. The number of ether oxygens (including phenoxy) is 2. The molecule has 1 aromatic rings. The molecular formula is C14H20N2O3. The number of carbonyl (C=O) groups is 1. The minimum Gasteiger partial charge on any atom is -0.493 e. The summed E-state index contributed by atoms with van der Waals surface area (Å²) in [6, 6.07) is 4.89. The summed E-state index contributed by atoms with van der Waals surface area (Å²) in [5.74, 6) is 0.549. The van der Waals surface area contributed by atoms with E-state index < -0.39 is 6.04 Å². The van der Waals surface area contributed by atoms with Crippen LogP contribution in [0.2, 0.25) is 0 Å². The van der Waals surface area contributed by atoms with E-state index >= 15 is 0 Å². The van der Waals surface area contributed by atoms with Gasteiger partial charge in [0, 0.05) is 30.8 Å². The van der Waals surface area contributed by atoms with Crippen LogP contribution in [0.4, 0.5) is 5.69 Å². The minimum absolute atomic E-state index is 0.173. The lowest BCUT2D eigenvalue weighted by Crippen LogP contribution is -2.25. The minimum atomic E-state index is -0.573. The zero-order chi connectivity index (χ0) is 14.0. The first-order chi connectivity index (χ1) is 8.93. The van der Waals surface area contributed by atoms with Crippen LogP contribution in [0, 0.1) is 0 Å². The Kier molecular flexibility index (Phi) is 3.78. The van der Waals surface area contributed by atoms with E-state index in [0.29, 0.717) is 6.61 Å². The van der Waals surface area contributed by atoms with E-state index in [-0.39, 0.29) is 11.5 Å². The molecule has 19 heavy (non-hydrogen) atoms. The number of methoxy groups -OCH3 is 1. The van der Waals surface area contributed by atoms with Gasteiger partial charge in [-0.2, -0.15) is 0 Å². The van der Waals surface area contributed by atoms with Gasteiger partial charge in [-0.3, -0.25) is 4.79 Å². The van der Waals surface area contributed by atoms with Gasteiger partial charge in [0.2, 0.25) is 5.91 Å². The summed E-state index contributed by atoms with van der Waals surface area (Å²) in [4.78, 5) is 11.4. The number of hydrogen-bond donors (Lipinski definition) is 2. The molecule has 1 aliphatic rings. The Balaban J connectivity index is 1.97. The van der Waals surface area contributed by atoms with Gasteiger partial charge in [0.1, 0.15) is 11.8 Å². The normalized spacial score (nSPS) is 18.1. The van der Waals surface area contributed by atoms with Crippen molar-refractivity contribution in [2.24, 2.45) is 5.73 Å². The molecule has 5 nitrogen and oxygen atoms in total. The van der Waals surface area contributed by atoms with Crippen LogP contribution in [0.25, 0.3) is 0 Å². The van der Waals surface area contributed by atoms with Crippen molar-refractivity contribution in [1.82, 2.24) is 0 Å². The maximum atomic E-state index is 11.4. The molecule has 0 saturated carbocycles. The maximum Gasteiger partial charge on any atom is 0.245 e. The monoisotopic (exact) mass is 264 g/mol. The Morgan fingerprint density at radius 2 is 2.16 bits per heavy atom. The first-order valence-corrected chi connectivity index (χ1v) is 6.31. The smallest absolute Gasteiger partial charge is 0.245 e. The first-order valence-electron chi connectivity index (χ1n) is 6.31. The summed E-state index contributed by atoms with van der Waals surface area (Å²) in [6.07, 6.45) is 0.784. The maximum absolute atomic E-state index is 11.4. The Bertz CT molecular complexity index is 486. The molecule has 0 aromatic heterocycles. The van der Waals surface area contributed by atoms with E-state index in [4.69, 9.17) is 15.2 Å². The number of nitrogens with one attached hydrogen (secondary N) is 1. The summed E-state index contributed by atoms with van der Waals surface area (Å²) in [6.45, 7) is 4.58. The third kappa shape index (κ3) is 3.05. The summed E-state index contributed by atoms with van der Waals surface area (Å²) < 4.78 is 11.0. The Hall–Kier alpha value is -1.59. The lowest BCUT2D eigenvalue weighted by atomic mass is 10.1. The van der Waals surface area contributed by atoms with E-state index in [2.05, 4.69) is 5.32 Å². The van der Waals surface area contributed by atoms with Crippen molar-refractivity contribution in [2.75, 3.05) is 19.0 Å². The second kappa shape index (κ2) is 5.19. The highest BCUT2D eigenvalue weighted by Crippen LogP contribution is 2.32. The largest absolute Gasteiger partial charge is 0.493 e. The number of amides is 1. The predicted molar refractivity (Wildman–Crippen MR) is 73.2 cm³/mol. The molecule has 3 N–H and O–H groups in total. The number of nitrogens with two attached hydrogens (primary N) is 1. The van der Waals surface area contributed by atoms with Gasteiger partial charge in [0.05, 0.1) is 12.2 Å². The number of hydrogen-bond acceptors (Lipinski definition) is 4. The predicted octanol–water partition coefficient (Wildman–Crippen LogP) is 1.83. The SMILES string of the molecule is COC(C)(C)CCOc1ccc2c(c1)NC(=O)C2N. The molecule has 2 rings (SSSR count).